The predicted molar refractivity (Wildman–Crippen MR) is 93.4 cm³/mol. The van der Waals surface area contributed by atoms with E-state index in [1.165, 1.54) is 25.9 Å². The second-order valence-electron chi connectivity index (χ2n) is 6.91. The SMILES string of the molecule is O=Cc1cc2cc(C(=O)N3CCC(N4CCCC4)CC3)ccc2[nH]1. The van der Waals surface area contributed by atoms with Gasteiger partial charge in [0.15, 0.2) is 6.29 Å². The van der Waals surface area contributed by atoms with E-state index in [0.29, 0.717) is 17.3 Å². The van der Waals surface area contributed by atoms with Gasteiger partial charge in [-0.15, -0.1) is 0 Å². The molecule has 1 aromatic heterocycles. The minimum Gasteiger partial charge on any atom is -0.352 e. The van der Waals surface area contributed by atoms with Crippen LogP contribution >= 0.6 is 0 Å². The van der Waals surface area contributed by atoms with Gasteiger partial charge in [-0.2, -0.15) is 0 Å². The van der Waals surface area contributed by atoms with Crippen LogP contribution in [0.3, 0.4) is 0 Å². The van der Waals surface area contributed by atoms with Crippen molar-refractivity contribution in [2.75, 3.05) is 26.2 Å². The van der Waals surface area contributed by atoms with E-state index in [9.17, 15) is 9.59 Å². The van der Waals surface area contributed by atoms with Crippen LogP contribution in [-0.4, -0.2) is 59.2 Å². The molecule has 1 amide bonds. The van der Waals surface area contributed by atoms with E-state index < -0.39 is 0 Å². The first kappa shape index (κ1) is 15.4. The zero-order valence-electron chi connectivity index (χ0n) is 13.8. The number of piperidine rings is 1. The van der Waals surface area contributed by atoms with Crippen LogP contribution < -0.4 is 0 Å². The molecular weight excluding hydrogens is 302 g/mol. The fraction of sp³-hybridized carbons (Fsp3) is 0.474. The van der Waals surface area contributed by atoms with Crippen molar-refractivity contribution in [2.24, 2.45) is 0 Å². The Morgan fingerprint density at radius 1 is 1.08 bits per heavy atom. The van der Waals surface area contributed by atoms with Crippen molar-refractivity contribution in [3.05, 3.63) is 35.5 Å². The Morgan fingerprint density at radius 3 is 2.54 bits per heavy atom. The van der Waals surface area contributed by atoms with Crippen molar-refractivity contribution in [3.63, 3.8) is 0 Å². The van der Waals surface area contributed by atoms with Gasteiger partial charge in [0, 0.05) is 35.6 Å². The third kappa shape index (κ3) is 2.84. The van der Waals surface area contributed by atoms with Gasteiger partial charge in [0.1, 0.15) is 0 Å². The number of nitrogens with zero attached hydrogens (tertiary/aromatic N) is 2. The van der Waals surface area contributed by atoms with Gasteiger partial charge >= 0.3 is 0 Å². The van der Waals surface area contributed by atoms with Crippen LogP contribution in [0.5, 0.6) is 0 Å². The van der Waals surface area contributed by atoms with Crippen molar-refractivity contribution in [1.29, 1.82) is 0 Å². The fourth-order valence-electron chi connectivity index (χ4n) is 4.08. The molecule has 24 heavy (non-hydrogen) atoms. The standard InChI is InChI=1S/C19H23N3O2/c23-13-16-12-15-11-14(3-4-18(15)20-16)19(24)22-9-5-17(6-10-22)21-7-1-2-8-21/h3-4,11-13,17,20H,1-2,5-10H2. The summed E-state index contributed by atoms with van der Waals surface area (Å²) in [5.41, 5.74) is 2.14. The van der Waals surface area contributed by atoms with E-state index in [-0.39, 0.29) is 5.91 Å². The topological polar surface area (TPSA) is 56.4 Å². The van der Waals surface area contributed by atoms with Gasteiger partial charge in [0.2, 0.25) is 0 Å². The molecule has 2 aliphatic heterocycles. The van der Waals surface area contributed by atoms with Gasteiger partial charge in [0.05, 0.1) is 5.69 Å². The van der Waals surface area contributed by atoms with E-state index in [1.807, 2.05) is 23.1 Å². The summed E-state index contributed by atoms with van der Waals surface area (Å²) in [5.74, 6) is 0.102. The first-order valence-corrected chi connectivity index (χ1v) is 8.86. The number of aldehydes is 1. The highest BCUT2D eigenvalue weighted by Gasteiger charge is 2.28. The number of hydrogen-bond acceptors (Lipinski definition) is 3. The van der Waals surface area contributed by atoms with Crippen LogP contribution in [0.1, 0.15) is 46.5 Å². The number of hydrogen-bond donors (Lipinski definition) is 1. The van der Waals surface area contributed by atoms with Crippen LogP contribution in [0.25, 0.3) is 10.9 Å². The molecule has 0 radical (unpaired) electrons. The Labute approximate surface area is 141 Å². The molecule has 2 aliphatic rings. The minimum absolute atomic E-state index is 0.102. The summed E-state index contributed by atoms with van der Waals surface area (Å²) in [5, 5.41) is 0.912. The van der Waals surface area contributed by atoms with E-state index in [1.54, 1.807) is 6.07 Å². The van der Waals surface area contributed by atoms with Crippen molar-refractivity contribution < 1.29 is 9.59 Å². The molecule has 1 aromatic carbocycles. The lowest BCUT2D eigenvalue weighted by atomic mass is 10.0. The van der Waals surface area contributed by atoms with Crippen LogP contribution in [0.2, 0.25) is 0 Å². The number of carbonyl (C=O) groups is 2. The number of likely N-dealkylation sites (tertiary alicyclic amines) is 2. The van der Waals surface area contributed by atoms with Crippen LogP contribution in [0, 0.1) is 0 Å². The zero-order valence-corrected chi connectivity index (χ0v) is 13.8. The summed E-state index contributed by atoms with van der Waals surface area (Å²) in [7, 11) is 0. The largest absolute Gasteiger partial charge is 0.352 e. The lowest BCUT2D eigenvalue weighted by molar-refractivity contribution is 0.0644. The van der Waals surface area contributed by atoms with Crippen molar-refractivity contribution >= 4 is 23.1 Å². The summed E-state index contributed by atoms with van der Waals surface area (Å²) in [4.78, 5) is 31.2. The van der Waals surface area contributed by atoms with E-state index >= 15 is 0 Å². The maximum absolute atomic E-state index is 12.8. The summed E-state index contributed by atoms with van der Waals surface area (Å²) >= 11 is 0. The molecule has 5 nitrogen and oxygen atoms in total. The monoisotopic (exact) mass is 325 g/mol. The number of aromatic nitrogens is 1. The number of carbonyl (C=O) groups excluding carboxylic acids is 2. The Balaban J connectivity index is 1.45. The third-order valence-corrected chi connectivity index (χ3v) is 5.42. The van der Waals surface area contributed by atoms with Gasteiger partial charge in [-0.1, -0.05) is 0 Å². The molecule has 0 saturated carbocycles. The molecule has 1 N–H and O–H groups in total. The number of aromatic amines is 1. The number of nitrogens with one attached hydrogen (secondary N) is 1. The minimum atomic E-state index is 0.102. The lowest BCUT2D eigenvalue weighted by Crippen LogP contribution is -2.45. The van der Waals surface area contributed by atoms with Crippen molar-refractivity contribution in [1.82, 2.24) is 14.8 Å². The van der Waals surface area contributed by atoms with Crippen LogP contribution in [0.4, 0.5) is 0 Å². The summed E-state index contributed by atoms with van der Waals surface area (Å²) in [6.07, 6.45) is 5.59. The molecule has 0 bridgehead atoms. The summed E-state index contributed by atoms with van der Waals surface area (Å²) < 4.78 is 0. The van der Waals surface area contributed by atoms with Crippen LogP contribution in [-0.2, 0) is 0 Å². The Bertz CT molecular complexity index is 753. The van der Waals surface area contributed by atoms with Gasteiger partial charge in [-0.05, 0) is 63.0 Å². The Hall–Kier alpha value is -2.14. The smallest absolute Gasteiger partial charge is 0.253 e. The summed E-state index contributed by atoms with van der Waals surface area (Å²) in [6.45, 7) is 4.12. The average molecular weight is 325 g/mol. The molecule has 0 spiro atoms. The molecule has 3 heterocycles. The maximum Gasteiger partial charge on any atom is 0.253 e. The van der Waals surface area contributed by atoms with Gasteiger partial charge in [-0.3, -0.25) is 9.59 Å². The van der Waals surface area contributed by atoms with Gasteiger partial charge < -0.3 is 14.8 Å². The first-order chi connectivity index (χ1) is 11.7. The Morgan fingerprint density at radius 2 is 1.83 bits per heavy atom. The molecular formula is C19H23N3O2. The number of amides is 1. The highest BCUT2D eigenvalue weighted by molar-refractivity contribution is 5.99. The van der Waals surface area contributed by atoms with Crippen molar-refractivity contribution in [3.8, 4) is 0 Å². The maximum atomic E-state index is 12.8. The molecule has 4 rings (SSSR count). The highest BCUT2D eigenvalue weighted by Crippen LogP contribution is 2.23. The second kappa shape index (κ2) is 6.40. The van der Waals surface area contributed by atoms with E-state index in [4.69, 9.17) is 0 Å². The van der Waals surface area contributed by atoms with Gasteiger partial charge in [0.25, 0.3) is 5.91 Å². The van der Waals surface area contributed by atoms with E-state index in [0.717, 1.165) is 43.1 Å². The molecule has 126 valence electrons. The number of rotatable bonds is 3. The summed E-state index contributed by atoms with van der Waals surface area (Å²) in [6, 6.07) is 8.06. The first-order valence-electron chi connectivity index (χ1n) is 8.86. The third-order valence-electron chi connectivity index (χ3n) is 5.42. The van der Waals surface area contributed by atoms with Gasteiger partial charge in [-0.25, -0.2) is 0 Å². The quantitative estimate of drug-likeness (QED) is 0.883. The lowest BCUT2D eigenvalue weighted by Gasteiger charge is -2.36. The highest BCUT2D eigenvalue weighted by atomic mass is 16.2. The molecule has 2 fully saturated rings. The molecule has 0 aliphatic carbocycles. The molecule has 2 saturated heterocycles. The second-order valence-corrected chi connectivity index (χ2v) is 6.91. The normalized spacial score (nSPS) is 19.9. The van der Waals surface area contributed by atoms with E-state index in [2.05, 4.69) is 9.88 Å². The average Bonchev–Trinajstić information content (AvgIpc) is 3.29. The van der Waals surface area contributed by atoms with Crippen LogP contribution in [0.15, 0.2) is 24.3 Å². The Kier molecular flexibility index (Phi) is 4.10. The number of benzene rings is 1. The predicted octanol–water partition coefficient (Wildman–Crippen LogP) is 2.68. The molecule has 0 atom stereocenters. The number of fused-ring (bicyclic) bond motifs is 1. The molecule has 5 heteroatoms. The molecule has 0 unspecified atom stereocenters. The van der Waals surface area contributed by atoms with Crippen molar-refractivity contribution in [2.45, 2.75) is 31.7 Å². The number of H-pyrrole nitrogens is 1. The zero-order chi connectivity index (χ0) is 16.5. The molecule has 2 aromatic rings. The fourth-order valence-corrected chi connectivity index (χ4v) is 4.08.